The topological polar surface area (TPSA) is 64.3 Å². The molecule has 0 saturated carbocycles. The van der Waals surface area contributed by atoms with Crippen LogP contribution in [0.25, 0.3) is 0 Å². The van der Waals surface area contributed by atoms with Crippen molar-refractivity contribution in [3.8, 4) is 0 Å². The first-order valence-corrected chi connectivity index (χ1v) is 6.80. The summed E-state index contributed by atoms with van der Waals surface area (Å²) in [7, 11) is 1.65. The van der Waals surface area contributed by atoms with Crippen LogP contribution in [0.1, 0.15) is 24.8 Å². The Hall–Kier alpha value is -1.39. The van der Waals surface area contributed by atoms with E-state index in [0.717, 1.165) is 19.3 Å². The highest BCUT2D eigenvalue weighted by atomic mass is 16.5. The number of aryl methyl sites for hydroxylation is 1. The Morgan fingerprint density at radius 1 is 1.32 bits per heavy atom. The summed E-state index contributed by atoms with van der Waals surface area (Å²) in [6.07, 6.45) is 3.38. The number of carbonyl (C=O) groups is 1. The highest BCUT2D eigenvalue weighted by Crippen LogP contribution is 2.01. The molecule has 0 fully saturated rings. The van der Waals surface area contributed by atoms with E-state index in [1.165, 1.54) is 5.56 Å². The van der Waals surface area contributed by atoms with Crippen LogP contribution in [0.2, 0.25) is 0 Å². The fourth-order valence-electron chi connectivity index (χ4n) is 1.86. The maximum Gasteiger partial charge on any atom is 0.236 e. The van der Waals surface area contributed by atoms with Crippen molar-refractivity contribution in [3.63, 3.8) is 0 Å². The number of nitrogens with two attached hydrogens (primary N) is 1. The van der Waals surface area contributed by atoms with Gasteiger partial charge in [0.15, 0.2) is 0 Å². The predicted octanol–water partition coefficient (Wildman–Crippen LogP) is 1.49. The van der Waals surface area contributed by atoms with Crippen molar-refractivity contribution in [2.24, 2.45) is 5.73 Å². The van der Waals surface area contributed by atoms with Gasteiger partial charge in [0.25, 0.3) is 0 Å². The molecule has 4 heteroatoms. The van der Waals surface area contributed by atoms with Crippen LogP contribution in [-0.4, -0.2) is 32.2 Å². The van der Waals surface area contributed by atoms with Gasteiger partial charge in [0.05, 0.1) is 6.04 Å². The van der Waals surface area contributed by atoms with Crippen LogP contribution < -0.4 is 11.1 Å². The van der Waals surface area contributed by atoms with Crippen LogP contribution in [-0.2, 0) is 16.0 Å². The lowest BCUT2D eigenvalue weighted by Gasteiger charge is -2.11. The lowest BCUT2D eigenvalue weighted by atomic mass is 10.1. The van der Waals surface area contributed by atoms with Crippen LogP contribution >= 0.6 is 0 Å². The van der Waals surface area contributed by atoms with E-state index in [9.17, 15) is 4.79 Å². The third-order valence-electron chi connectivity index (χ3n) is 2.98. The molecule has 1 unspecified atom stereocenters. The molecule has 1 atom stereocenters. The average molecular weight is 264 g/mol. The molecule has 0 aliphatic rings. The monoisotopic (exact) mass is 264 g/mol. The van der Waals surface area contributed by atoms with Crippen LogP contribution in [0, 0.1) is 0 Å². The molecule has 106 valence electrons. The van der Waals surface area contributed by atoms with E-state index in [1.54, 1.807) is 7.11 Å². The molecule has 1 aromatic rings. The Kier molecular flexibility index (Phi) is 7.86. The molecular formula is C15H24N2O2. The van der Waals surface area contributed by atoms with Crippen molar-refractivity contribution in [2.45, 2.75) is 31.7 Å². The molecule has 1 aromatic carbocycles. The van der Waals surface area contributed by atoms with Crippen LogP contribution in [0.3, 0.4) is 0 Å². The van der Waals surface area contributed by atoms with Crippen molar-refractivity contribution in [1.29, 1.82) is 0 Å². The van der Waals surface area contributed by atoms with Gasteiger partial charge in [-0.05, 0) is 31.2 Å². The fraction of sp³-hybridized carbons (Fsp3) is 0.533. The zero-order valence-corrected chi connectivity index (χ0v) is 11.6. The third-order valence-corrected chi connectivity index (χ3v) is 2.98. The summed E-state index contributed by atoms with van der Waals surface area (Å²) in [5.74, 6) is -0.0656. The zero-order chi connectivity index (χ0) is 13.9. The highest BCUT2D eigenvalue weighted by Gasteiger charge is 2.11. The third kappa shape index (κ3) is 6.94. The van der Waals surface area contributed by atoms with Crippen molar-refractivity contribution in [3.05, 3.63) is 35.9 Å². The van der Waals surface area contributed by atoms with E-state index in [-0.39, 0.29) is 5.91 Å². The Labute approximate surface area is 115 Å². The molecule has 1 amide bonds. The Morgan fingerprint density at radius 2 is 2.05 bits per heavy atom. The first-order valence-electron chi connectivity index (χ1n) is 6.80. The summed E-state index contributed by atoms with van der Waals surface area (Å²) >= 11 is 0. The maximum atomic E-state index is 11.7. The van der Waals surface area contributed by atoms with Crippen LogP contribution in [0.4, 0.5) is 0 Å². The Morgan fingerprint density at radius 3 is 2.74 bits per heavy atom. The standard InChI is InChI=1S/C15H24N2O2/c1-19-12-6-10-14(16)15(18)17-11-5-9-13-7-3-2-4-8-13/h2-4,7-8,14H,5-6,9-12,16H2,1H3,(H,17,18). The van der Waals surface area contributed by atoms with E-state index in [1.807, 2.05) is 18.2 Å². The second-order valence-corrected chi connectivity index (χ2v) is 4.62. The quantitative estimate of drug-likeness (QED) is 0.664. The molecule has 4 nitrogen and oxygen atoms in total. The summed E-state index contributed by atoms with van der Waals surface area (Å²) in [6, 6.07) is 9.83. The van der Waals surface area contributed by atoms with E-state index >= 15 is 0 Å². The minimum absolute atomic E-state index is 0.0656. The highest BCUT2D eigenvalue weighted by molar-refractivity contribution is 5.81. The maximum absolute atomic E-state index is 11.7. The first kappa shape index (κ1) is 15.7. The molecule has 0 radical (unpaired) electrons. The summed E-state index contributed by atoms with van der Waals surface area (Å²) in [5.41, 5.74) is 7.08. The number of nitrogens with one attached hydrogen (secondary N) is 1. The second-order valence-electron chi connectivity index (χ2n) is 4.62. The number of amides is 1. The molecule has 0 aromatic heterocycles. The molecule has 0 aliphatic carbocycles. The van der Waals surface area contributed by atoms with Gasteiger partial charge in [0.2, 0.25) is 5.91 Å². The molecule has 0 aliphatic heterocycles. The number of benzene rings is 1. The van der Waals surface area contributed by atoms with Crippen LogP contribution in [0.5, 0.6) is 0 Å². The summed E-state index contributed by atoms with van der Waals surface area (Å²) in [6.45, 7) is 1.32. The van der Waals surface area contributed by atoms with Gasteiger partial charge in [0.1, 0.15) is 0 Å². The molecule has 19 heavy (non-hydrogen) atoms. The van der Waals surface area contributed by atoms with E-state index in [2.05, 4.69) is 17.4 Å². The Balaban J connectivity index is 2.09. The molecule has 0 spiro atoms. The van der Waals surface area contributed by atoms with Crippen molar-refractivity contribution in [1.82, 2.24) is 5.32 Å². The Bertz CT molecular complexity index is 354. The first-order chi connectivity index (χ1) is 9.24. The molecule has 0 saturated heterocycles. The number of hydrogen-bond donors (Lipinski definition) is 2. The molecule has 3 N–H and O–H groups in total. The molecule has 1 rings (SSSR count). The second kappa shape index (κ2) is 9.53. The fourth-order valence-corrected chi connectivity index (χ4v) is 1.86. The van der Waals surface area contributed by atoms with Crippen molar-refractivity contribution in [2.75, 3.05) is 20.3 Å². The number of carbonyl (C=O) groups excluding carboxylic acids is 1. The molecule has 0 heterocycles. The van der Waals surface area contributed by atoms with E-state index < -0.39 is 6.04 Å². The summed E-state index contributed by atoms with van der Waals surface area (Å²) in [4.78, 5) is 11.7. The van der Waals surface area contributed by atoms with E-state index in [0.29, 0.717) is 19.6 Å². The summed E-state index contributed by atoms with van der Waals surface area (Å²) < 4.78 is 4.93. The van der Waals surface area contributed by atoms with Crippen molar-refractivity contribution >= 4 is 5.91 Å². The largest absolute Gasteiger partial charge is 0.385 e. The summed E-state index contributed by atoms with van der Waals surface area (Å²) in [5, 5.41) is 2.87. The van der Waals surface area contributed by atoms with Crippen molar-refractivity contribution < 1.29 is 9.53 Å². The normalized spacial score (nSPS) is 12.1. The lowest BCUT2D eigenvalue weighted by Crippen LogP contribution is -2.41. The minimum Gasteiger partial charge on any atom is -0.385 e. The molecular weight excluding hydrogens is 240 g/mol. The number of ether oxygens (including phenoxy) is 1. The molecule has 0 bridgehead atoms. The smallest absolute Gasteiger partial charge is 0.236 e. The number of hydrogen-bond acceptors (Lipinski definition) is 3. The average Bonchev–Trinajstić information content (AvgIpc) is 2.44. The van der Waals surface area contributed by atoms with Gasteiger partial charge < -0.3 is 15.8 Å². The number of methoxy groups -OCH3 is 1. The SMILES string of the molecule is COCCCC(N)C(=O)NCCCc1ccccc1. The van der Waals surface area contributed by atoms with Gasteiger partial charge in [-0.1, -0.05) is 30.3 Å². The van der Waals surface area contributed by atoms with Gasteiger partial charge in [-0.15, -0.1) is 0 Å². The van der Waals surface area contributed by atoms with Gasteiger partial charge in [0, 0.05) is 20.3 Å². The number of rotatable bonds is 9. The lowest BCUT2D eigenvalue weighted by molar-refractivity contribution is -0.122. The van der Waals surface area contributed by atoms with E-state index in [4.69, 9.17) is 10.5 Å². The predicted molar refractivity (Wildman–Crippen MR) is 76.9 cm³/mol. The van der Waals surface area contributed by atoms with Gasteiger partial charge in [-0.3, -0.25) is 4.79 Å². The van der Waals surface area contributed by atoms with Gasteiger partial charge in [-0.25, -0.2) is 0 Å². The zero-order valence-electron chi connectivity index (χ0n) is 11.6. The van der Waals surface area contributed by atoms with Crippen LogP contribution in [0.15, 0.2) is 30.3 Å². The van der Waals surface area contributed by atoms with Gasteiger partial charge in [-0.2, -0.15) is 0 Å². The minimum atomic E-state index is -0.424. The van der Waals surface area contributed by atoms with Gasteiger partial charge >= 0.3 is 0 Å².